The molecule has 0 aliphatic rings. The molecule has 0 saturated carbocycles. The Hall–Kier alpha value is -1.55. The zero-order valence-corrected chi connectivity index (χ0v) is 12.0. The number of nitrogens with zero attached hydrogens (tertiary/aromatic N) is 2. The zero-order valence-electron chi connectivity index (χ0n) is 10.4. The van der Waals surface area contributed by atoms with E-state index in [1.54, 1.807) is 7.11 Å². The number of benzene rings is 1. The van der Waals surface area contributed by atoms with Crippen molar-refractivity contribution in [3.8, 4) is 5.75 Å². The largest absolute Gasteiger partial charge is 0.497 e. The van der Waals surface area contributed by atoms with Crippen LogP contribution in [-0.2, 0) is 5.33 Å². The molecule has 2 aromatic rings. The van der Waals surface area contributed by atoms with Gasteiger partial charge >= 0.3 is 0 Å². The summed E-state index contributed by atoms with van der Waals surface area (Å²) >= 11 is 3.49. The summed E-state index contributed by atoms with van der Waals surface area (Å²) < 4.78 is 5.16. The van der Waals surface area contributed by atoms with Crippen LogP contribution in [0.2, 0.25) is 0 Å². The van der Waals surface area contributed by atoms with Crippen molar-refractivity contribution in [2.75, 3.05) is 19.1 Å². The maximum absolute atomic E-state index is 5.16. The Morgan fingerprint density at radius 3 is 2.56 bits per heavy atom. The standard InChI is InChI=1S/C14H15BrN2O/c1-17(12-5-7-13(18-2)8-6-12)14-11(10-15)4-3-9-16-14/h3-9H,10H2,1-2H3. The third kappa shape index (κ3) is 2.64. The molecular weight excluding hydrogens is 292 g/mol. The fraction of sp³-hybridized carbons (Fsp3) is 0.214. The first kappa shape index (κ1) is 12.9. The average molecular weight is 307 g/mol. The van der Waals surface area contributed by atoms with Crippen LogP contribution in [0.5, 0.6) is 5.75 Å². The van der Waals surface area contributed by atoms with Crippen LogP contribution >= 0.6 is 15.9 Å². The van der Waals surface area contributed by atoms with Crippen LogP contribution in [0.3, 0.4) is 0 Å². The maximum atomic E-state index is 5.16. The number of hydrogen-bond acceptors (Lipinski definition) is 3. The Bertz CT molecular complexity index is 513. The summed E-state index contributed by atoms with van der Waals surface area (Å²) in [6.07, 6.45) is 1.81. The van der Waals surface area contributed by atoms with Gasteiger partial charge < -0.3 is 9.64 Å². The number of anilines is 2. The van der Waals surface area contributed by atoms with Gasteiger partial charge in [0.2, 0.25) is 0 Å². The molecule has 94 valence electrons. The predicted octanol–water partition coefficient (Wildman–Crippen LogP) is 3.75. The second-order valence-electron chi connectivity index (χ2n) is 3.88. The minimum absolute atomic E-state index is 0.788. The number of halogens is 1. The first-order chi connectivity index (χ1) is 8.76. The maximum Gasteiger partial charge on any atom is 0.136 e. The molecule has 0 aliphatic carbocycles. The molecule has 0 spiro atoms. The van der Waals surface area contributed by atoms with Gasteiger partial charge in [-0.3, -0.25) is 0 Å². The van der Waals surface area contributed by atoms with Crippen molar-refractivity contribution in [3.05, 3.63) is 48.2 Å². The second-order valence-corrected chi connectivity index (χ2v) is 4.44. The molecule has 0 aliphatic heterocycles. The van der Waals surface area contributed by atoms with Crippen LogP contribution in [0.15, 0.2) is 42.6 Å². The molecule has 0 radical (unpaired) electrons. The summed E-state index contributed by atoms with van der Waals surface area (Å²) in [5.74, 6) is 1.81. The van der Waals surface area contributed by atoms with Gasteiger partial charge in [-0.25, -0.2) is 4.98 Å². The molecule has 2 rings (SSSR count). The molecular formula is C14H15BrN2O. The lowest BCUT2D eigenvalue weighted by atomic mass is 10.2. The summed E-state index contributed by atoms with van der Waals surface area (Å²) in [6, 6.07) is 11.9. The number of methoxy groups -OCH3 is 1. The smallest absolute Gasteiger partial charge is 0.136 e. The second kappa shape index (κ2) is 5.87. The van der Waals surface area contributed by atoms with Gasteiger partial charge in [0, 0.05) is 29.8 Å². The molecule has 0 unspecified atom stereocenters. The van der Waals surface area contributed by atoms with Gasteiger partial charge in [0.05, 0.1) is 7.11 Å². The van der Waals surface area contributed by atoms with E-state index in [9.17, 15) is 0 Å². The molecule has 0 amide bonds. The highest BCUT2D eigenvalue weighted by atomic mass is 79.9. The molecule has 0 atom stereocenters. The van der Waals surface area contributed by atoms with Gasteiger partial charge in [-0.05, 0) is 30.3 Å². The van der Waals surface area contributed by atoms with E-state index < -0.39 is 0 Å². The Labute approximate surface area is 116 Å². The topological polar surface area (TPSA) is 25.4 Å². The quantitative estimate of drug-likeness (QED) is 0.804. The third-order valence-electron chi connectivity index (χ3n) is 2.79. The Kier molecular flexibility index (Phi) is 4.20. The summed E-state index contributed by atoms with van der Waals surface area (Å²) in [4.78, 5) is 6.50. The van der Waals surface area contributed by atoms with Crippen LogP contribution in [0.1, 0.15) is 5.56 Å². The highest BCUT2D eigenvalue weighted by molar-refractivity contribution is 9.08. The summed E-state index contributed by atoms with van der Waals surface area (Å²) in [5.41, 5.74) is 2.24. The first-order valence-electron chi connectivity index (χ1n) is 5.64. The molecule has 18 heavy (non-hydrogen) atoms. The molecule has 0 saturated heterocycles. The molecule has 3 nitrogen and oxygen atoms in total. The Morgan fingerprint density at radius 2 is 1.94 bits per heavy atom. The minimum atomic E-state index is 0.788. The van der Waals surface area contributed by atoms with Gasteiger partial charge in [-0.1, -0.05) is 22.0 Å². The predicted molar refractivity (Wildman–Crippen MR) is 77.9 cm³/mol. The lowest BCUT2D eigenvalue weighted by Gasteiger charge is -2.20. The average Bonchev–Trinajstić information content (AvgIpc) is 2.46. The van der Waals surface area contributed by atoms with Crippen molar-refractivity contribution in [3.63, 3.8) is 0 Å². The fourth-order valence-electron chi connectivity index (χ4n) is 1.76. The van der Waals surface area contributed by atoms with Crippen LogP contribution in [0.25, 0.3) is 0 Å². The monoisotopic (exact) mass is 306 g/mol. The number of alkyl halides is 1. The van der Waals surface area contributed by atoms with Crippen molar-refractivity contribution in [1.29, 1.82) is 0 Å². The third-order valence-corrected chi connectivity index (χ3v) is 3.39. The van der Waals surface area contributed by atoms with E-state index in [-0.39, 0.29) is 0 Å². The molecule has 1 aromatic carbocycles. The van der Waals surface area contributed by atoms with Crippen molar-refractivity contribution >= 4 is 27.4 Å². The normalized spacial score (nSPS) is 10.2. The lowest BCUT2D eigenvalue weighted by Crippen LogP contribution is -2.12. The van der Waals surface area contributed by atoms with Crippen LogP contribution < -0.4 is 9.64 Å². The lowest BCUT2D eigenvalue weighted by molar-refractivity contribution is 0.415. The van der Waals surface area contributed by atoms with Crippen LogP contribution in [0.4, 0.5) is 11.5 Å². The van der Waals surface area contributed by atoms with Crippen LogP contribution in [0, 0.1) is 0 Å². The number of aromatic nitrogens is 1. The first-order valence-corrected chi connectivity index (χ1v) is 6.76. The summed E-state index contributed by atoms with van der Waals surface area (Å²) in [5, 5.41) is 0.788. The van der Waals surface area contributed by atoms with Crippen LogP contribution in [-0.4, -0.2) is 19.1 Å². The summed E-state index contributed by atoms with van der Waals surface area (Å²) in [6.45, 7) is 0. The van der Waals surface area contributed by atoms with E-state index in [2.05, 4.69) is 31.9 Å². The Morgan fingerprint density at radius 1 is 1.22 bits per heavy atom. The van der Waals surface area contributed by atoms with Gasteiger partial charge in [-0.2, -0.15) is 0 Å². The van der Waals surface area contributed by atoms with Crippen molar-refractivity contribution < 1.29 is 4.74 Å². The number of rotatable bonds is 4. The van der Waals surface area contributed by atoms with Gasteiger partial charge in [0.25, 0.3) is 0 Å². The van der Waals surface area contributed by atoms with E-state index in [0.29, 0.717) is 0 Å². The molecule has 0 fully saturated rings. The molecule has 0 bridgehead atoms. The molecule has 0 N–H and O–H groups in total. The van der Waals surface area contributed by atoms with E-state index >= 15 is 0 Å². The van der Waals surface area contributed by atoms with Crippen molar-refractivity contribution in [2.45, 2.75) is 5.33 Å². The molecule has 4 heteroatoms. The highest BCUT2D eigenvalue weighted by Crippen LogP contribution is 2.27. The molecule has 1 aromatic heterocycles. The zero-order chi connectivity index (χ0) is 13.0. The van der Waals surface area contributed by atoms with Crippen molar-refractivity contribution in [2.24, 2.45) is 0 Å². The van der Waals surface area contributed by atoms with Gasteiger partial charge in [0.15, 0.2) is 0 Å². The van der Waals surface area contributed by atoms with Crippen molar-refractivity contribution in [1.82, 2.24) is 4.98 Å². The van der Waals surface area contributed by atoms with E-state index in [1.807, 2.05) is 43.6 Å². The summed E-state index contributed by atoms with van der Waals surface area (Å²) in [7, 11) is 3.68. The SMILES string of the molecule is COc1ccc(N(C)c2ncccc2CBr)cc1. The van der Waals surface area contributed by atoms with Gasteiger partial charge in [0.1, 0.15) is 11.6 Å². The minimum Gasteiger partial charge on any atom is -0.497 e. The fourth-order valence-corrected chi connectivity index (χ4v) is 2.20. The number of hydrogen-bond donors (Lipinski definition) is 0. The number of ether oxygens (including phenoxy) is 1. The van der Waals surface area contributed by atoms with E-state index in [0.717, 1.165) is 28.1 Å². The van der Waals surface area contributed by atoms with E-state index in [4.69, 9.17) is 4.74 Å². The Balaban J connectivity index is 2.31. The highest BCUT2D eigenvalue weighted by Gasteiger charge is 2.09. The van der Waals surface area contributed by atoms with E-state index in [1.165, 1.54) is 0 Å². The van der Waals surface area contributed by atoms with Gasteiger partial charge in [-0.15, -0.1) is 0 Å². The molecule has 1 heterocycles. The number of pyridine rings is 1.